The van der Waals surface area contributed by atoms with E-state index in [-0.39, 0.29) is 0 Å². The van der Waals surface area contributed by atoms with E-state index < -0.39 is 53.5 Å². The second-order valence-corrected chi connectivity index (χ2v) is 9.00. The van der Waals surface area contributed by atoms with Gasteiger partial charge in [-0.1, -0.05) is 0 Å². The minimum atomic E-state index is -1.33. The zero-order valence-corrected chi connectivity index (χ0v) is 20.0. The number of fused-ring (bicyclic) bond motifs is 1. The van der Waals surface area contributed by atoms with Crippen molar-refractivity contribution in [1.29, 1.82) is 0 Å². The lowest BCUT2D eigenvalue weighted by Gasteiger charge is -2.23. The lowest BCUT2D eigenvalue weighted by atomic mass is 10.0. The van der Waals surface area contributed by atoms with Crippen LogP contribution in [0.1, 0.15) is 45.2 Å². The van der Waals surface area contributed by atoms with Gasteiger partial charge in [0.05, 0.1) is 6.42 Å². The lowest BCUT2D eigenvalue weighted by molar-refractivity contribution is -0.129. The van der Waals surface area contributed by atoms with Gasteiger partial charge in [0, 0.05) is 23.2 Å². The molecule has 0 aliphatic heterocycles. The van der Waals surface area contributed by atoms with Gasteiger partial charge in [0.1, 0.15) is 23.3 Å². The fourth-order valence-corrected chi connectivity index (χ4v) is 3.29. The van der Waals surface area contributed by atoms with E-state index in [2.05, 4.69) is 16.0 Å². The molecule has 1 aromatic heterocycles. The first-order valence-electron chi connectivity index (χ1n) is 10.6. The summed E-state index contributed by atoms with van der Waals surface area (Å²) >= 11 is 0. The number of alkyl carbamates (subject to hydrolysis) is 1. The van der Waals surface area contributed by atoms with E-state index in [1.54, 1.807) is 33.8 Å². The summed E-state index contributed by atoms with van der Waals surface area (Å²) in [6, 6.07) is 2.25. The van der Waals surface area contributed by atoms with E-state index in [1.165, 1.54) is 19.1 Å². The number of hydrogen-bond acceptors (Lipinski definition) is 7. The summed E-state index contributed by atoms with van der Waals surface area (Å²) in [5.74, 6) is -2.18. The van der Waals surface area contributed by atoms with E-state index in [1.807, 2.05) is 6.92 Å². The van der Waals surface area contributed by atoms with Gasteiger partial charge in [-0.15, -0.1) is 0 Å². The molecule has 11 heteroatoms. The number of carbonyl (C=O) groups excluding carboxylic acids is 4. The predicted octanol–water partition coefficient (Wildman–Crippen LogP) is 1.62. The van der Waals surface area contributed by atoms with E-state index in [9.17, 15) is 24.0 Å². The molecule has 0 saturated heterocycles. The third-order valence-corrected chi connectivity index (χ3v) is 4.67. The second-order valence-electron chi connectivity index (χ2n) is 9.00. The Balaban J connectivity index is 2.12. The van der Waals surface area contributed by atoms with Gasteiger partial charge in [-0.05, 0) is 58.7 Å². The number of rotatable bonds is 7. The zero-order valence-electron chi connectivity index (χ0n) is 20.0. The van der Waals surface area contributed by atoms with E-state index in [4.69, 9.17) is 14.9 Å². The second kappa shape index (κ2) is 10.4. The Morgan fingerprint density at radius 1 is 1.03 bits per heavy atom. The molecule has 2 aromatic rings. The first kappa shape index (κ1) is 26.4. The zero-order chi connectivity index (χ0) is 25.8. The monoisotopic (exact) mass is 474 g/mol. The summed E-state index contributed by atoms with van der Waals surface area (Å²) in [6.07, 6.45) is -1.39. The van der Waals surface area contributed by atoms with Gasteiger partial charge < -0.3 is 30.8 Å². The SMILES string of the molecule is Cc1cc(NC(=O)C(C)NC(=O)C(CC(N)=O)NC(=O)OC(C)(C)C)cc2oc(=O)cc(C)c12. The van der Waals surface area contributed by atoms with Crippen molar-refractivity contribution in [3.8, 4) is 0 Å². The molecule has 2 rings (SSSR count). The number of nitrogens with one attached hydrogen (secondary N) is 3. The van der Waals surface area contributed by atoms with Crippen molar-refractivity contribution in [1.82, 2.24) is 10.6 Å². The largest absolute Gasteiger partial charge is 0.444 e. The Kier molecular flexibility index (Phi) is 8.04. The van der Waals surface area contributed by atoms with Crippen molar-refractivity contribution in [3.63, 3.8) is 0 Å². The number of nitrogens with two attached hydrogens (primary N) is 1. The van der Waals surface area contributed by atoms with Crippen LogP contribution in [0, 0.1) is 13.8 Å². The van der Waals surface area contributed by atoms with Crippen LogP contribution in [0.5, 0.6) is 0 Å². The summed E-state index contributed by atoms with van der Waals surface area (Å²) in [4.78, 5) is 60.4. The molecule has 0 fully saturated rings. The predicted molar refractivity (Wildman–Crippen MR) is 125 cm³/mol. The average Bonchev–Trinajstić information content (AvgIpc) is 2.64. The van der Waals surface area contributed by atoms with Crippen LogP contribution in [0.25, 0.3) is 11.0 Å². The standard InChI is InChI=1S/C23H30N4O7/c1-11-7-14(9-16-19(11)12(2)8-18(29)33-16)26-20(30)13(3)25-21(31)15(10-17(24)28)27-22(32)34-23(4,5)6/h7-9,13,15H,10H2,1-6H3,(H2,24,28)(H,25,31)(H,26,30)(H,27,32). The van der Waals surface area contributed by atoms with E-state index in [0.29, 0.717) is 11.3 Å². The molecule has 11 nitrogen and oxygen atoms in total. The van der Waals surface area contributed by atoms with Gasteiger partial charge in [0.25, 0.3) is 0 Å². The summed E-state index contributed by atoms with van der Waals surface area (Å²) in [5, 5.41) is 8.15. The van der Waals surface area contributed by atoms with Crippen LogP contribution in [-0.2, 0) is 19.1 Å². The number of aryl methyl sites for hydroxylation is 2. The van der Waals surface area contributed by atoms with Crippen LogP contribution < -0.4 is 27.3 Å². The highest BCUT2D eigenvalue weighted by atomic mass is 16.6. The smallest absolute Gasteiger partial charge is 0.408 e. The van der Waals surface area contributed by atoms with Crippen LogP contribution in [0.15, 0.2) is 27.4 Å². The first-order chi connectivity index (χ1) is 15.7. The summed E-state index contributed by atoms with van der Waals surface area (Å²) in [5.41, 5.74) is 6.08. The van der Waals surface area contributed by atoms with Gasteiger partial charge in [0.15, 0.2) is 0 Å². The van der Waals surface area contributed by atoms with Crippen molar-refractivity contribution in [3.05, 3.63) is 39.7 Å². The molecule has 0 radical (unpaired) electrons. The number of ether oxygens (including phenoxy) is 1. The molecule has 0 aliphatic rings. The highest BCUT2D eigenvalue weighted by Gasteiger charge is 2.28. The maximum atomic E-state index is 12.7. The van der Waals surface area contributed by atoms with Gasteiger partial charge >= 0.3 is 11.7 Å². The third-order valence-electron chi connectivity index (χ3n) is 4.67. The Hall–Kier alpha value is -3.89. The molecule has 2 atom stereocenters. The topological polar surface area (TPSA) is 170 Å². The Morgan fingerprint density at radius 2 is 1.65 bits per heavy atom. The third kappa shape index (κ3) is 7.32. The van der Waals surface area contributed by atoms with Crippen molar-refractivity contribution in [2.45, 2.75) is 65.6 Å². The van der Waals surface area contributed by atoms with Gasteiger partial charge in [-0.25, -0.2) is 9.59 Å². The Labute approximate surface area is 196 Å². The number of amides is 4. The van der Waals surface area contributed by atoms with Crippen LogP contribution in [-0.4, -0.2) is 41.5 Å². The summed E-state index contributed by atoms with van der Waals surface area (Å²) in [7, 11) is 0. The molecular weight excluding hydrogens is 444 g/mol. The number of anilines is 1. The van der Waals surface area contributed by atoms with Crippen LogP contribution in [0.2, 0.25) is 0 Å². The summed E-state index contributed by atoms with van der Waals surface area (Å²) < 4.78 is 10.3. The van der Waals surface area contributed by atoms with Crippen molar-refractivity contribution < 1.29 is 28.3 Å². The van der Waals surface area contributed by atoms with Crippen molar-refractivity contribution in [2.24, 2.45) is 5.73 Å². The van der Waals surface area contributed by atoms with Crippen LogP contribution in [0.4, 0.5) is 10.5 Å². The molecule has 5 N–H and O–H groups in total. The van der Waals surface area contributed by atoms with Gasteiger partial charge in [-0.2, -0.15) is 0 Å². The maximum Gasteiger partial charge on any atom is 0.408 e. The molecule has 1 aromatic carbocycles. The molecule has 0 saturated carbocycles. The van der Waals surface area contributed by atoms with E-state index >= 15 is 0 Å². The average molecular weight is 475 g/mol. The quantitative estimate of drug-likeness (QED) is 0.442. The first-order valence-corrected chi connectivity index (χ1v) is 10.6. The summed E-state index contributed by atoms with van der Waals surface area (Å²) in [6.45, 7) is 9.96. The minimum absolute atomic E-state index is 0.320. The highest BCUT2D eigenvalue weighted by Crippen LogP contribution is 2.25. The molecule has 2 unspecified atom stereocenters. The normalized spacial score (nSPS) is 13.0. The number of hydrogen-bond donors (Lipinski definition) is 4. The number of primary amides is 1. The van der Waals surface area contributed by atoms with Crippen molar-refractivity contribution in [2.75, 3.05) is 5.32 Å². The fourth-order valence-electron chi connectivity index (χ4n) is 3.29. The number of carbonyl (C=O) groups is 4. The van der Waals surface area contributed by atoms with Gasteiger partial charge in [0.2, 0.25) is 17.7 Å². The van der Waals surface area contributed by atoms with Gasteiger partial charge in [-0.3, -0.25) is 14.4 Å². The van der Waals surface area contributed by atoms with E-state index in [0.717, 1.165) is 16.5 Å². The highest BCUT2D eigenvalue weighted by molar-refractivity contribution is 6.00. The van der Waals surface area contributed by atoms with Crippen molar-refractivity contribution >= 4 is 40.5 Å². The van der Waals surface area contributed by atoms with Crippen LogP contribution >= 0.6 is 0 Å². The molecule has 0 bridgehead atoms. The Bertz CT molecular complexity index is 1180. The molecule has 0 spiro atoms. The molecule has 0 aliphatic carbocycles. The Morgan fingerprint density at radius 3 is 2.24 bits per heavy atom. The molecule has 1 heterocycles. The maximum absolute atomic E-state index is 12.7. The molecular formula is C23H30N4O7. The molecule has 34 heavy (non-hydrogen) atoms. The lowest BCUT2D eigenvalue weighted by Crippen LogP contribution is -2.53. The molecule has 184 valence electrons. The number of benzene rings is 1. The van der Waals surface area contributed by atoms with Crippen LogP contribution in [0.3, 0.4) is 0 Å². The molecule has 4 amide bonds. The minimum Gasteiger partial charge on any atom is -0.444 e. The fraction of sp³-hybridized carbons (Fsp3) is 0.435.